The molecule has 7 rings (SSSR count). The van der Waals surface area contributed by atoms with Gasteiger partial charge in [0.15, 0.2) is 11.6 Å². The Bertz CT molecular complexity index is 1600. The third-order valence-corrected chi connectivity index (χ3v) is 6.56. The van der Waals surface area contributed by atoms with Crippen LogP contribution in [0.15, 0.2) is 182 Å². The van der Waals surface area contributed by atoms with Crippen LogP contribution in [-0.2, 0) is 0 Å². The molecule has 1 aromatic heterocycles. The van der Waals surface area contributed by atoms with Crippen LogP contribution >= 0.6 is 0 Å². The number of aromatic nitrogens is 3. The smallest absolute Gasteiger partial charge is 0.168 e. The Morgan fingerprint density at radius 1 is 0.319 bits per heavy atom. The van der Waals surface area contributed by atoms with Gasteiger partial charge in [0.1, 0.15) is 0 Å². The average molecular weight is 625 g/mol. The molecule has 0 aliphatic carbocycles. The summed E-state index contributed by atoms with van der Waals surface area (Å²) in [5.41, 5.74) is 7.11. The molecule has 242 valence electrons. The molecule has 7 aromatic rings. The minimum Gasteiger partial charge on any atom is -0.344 e. The zero-order chi connectivity index (χ0) is 30.8. The van der Waals surface area contributed by atoms with Crippen molar-refractivity contribution in [2.24, 2.45) is 0 Å². The molecule has 6 heteroatoms. The first kappa shape index (κ1) is 39.4. The van der Waals surface area contributed by atoms with E-state index < -0.39 is 0 Å². The highest BCUT2D eigenvalue weighted by Crippen LogP contribution is 2.28. The molecule has 0 bridgehead atoms. The number of aryl methyl sites for hydroxylation is 3. The van der Waals surface area contributed by atoms with Crippen LogP contribution in [0.25, 0.3) is 28.5 Å². The molecule has 0 aliphatic heterocycles. The first-order chi connectivity index (χ1) is 21.6. The van der Waals surface area contributed by atoms with Gasteiger partial charge in [0.05, 0.1) is 0 Å². The monoisotopic (exact) mass is 624 g/mol. The normalized spacial score (nSPS) is 9.09. The van der Waals surface area contributed by atoms with E-state index in [0.717, 1.165) is 28.5 Å². The minimum absolute atomic E-state index is 0. The summed E-state index contributed by atoms with van der Waals surface area (Å²) in [6.45, 7) is 6.25. The SMILES string of the molecule is Cc1ccccc1.Cc1ccccc1.Cc1ccccc1.N.N.N.c1ccc(-c2nnc(-c3ccccc3)n2-c2ccccc2)cc1. The van der Waals surface area contributed by atoms with Crippen molar-refractivity contribution in [3.63, 3.8) is 0 Å². The Morgan fingerprint density at radius 2 is 0.553 bits per heavy atom. The first-order valence-electron chi connectivity index (χ1n) is 14.8. The largest absolute Gasteiger partial charge is 0.344 e. The molecule has 6 aromatic carbocycles. The second-order valence-electron chi connectivity index (χ2n) is 10.2. The average Bonchev–Trinajstić information content (AvgIpc) is 3.54. The Morgan fingerprint density at radius 3 is 0.787 bits per heavy atom. The maximum atomic E-state index is 4.45. The molecule has 0 aliphatic rings. The summed E-state index contributed by atoms with van der Waals surface area (Å²) in [4.78, 5) is 0. The molecule has 0 fully saturated rings. The Balaban J connectivity index is 0.000000378. The molecule has 0 radical (unpaired) electrons. The number of hydrogen-bond donors (Lipinski definition) is 3. The summed E-state index contributed by atoms with van der Waals surface area (Å²) < 4.78 is 2.10. The van der Waals surface area contributed by atoms with Crippen LogP contribution in [0, 0.1) is 20.8 Å². The van der Waals surface area contributed by atoms with E-state index in [9.17, 15) is 0 Å². The lowest BCUT2D eigenvalue weighted by atomic mass is 10.1. The van der Waals surface area contributed by atoms with Crippen LogP contribution in [-0.4, -0.2) is 14.8 Å². The predicted molar refractivity (Wildman–Crippen MR) is 201 cm³/mol. The fraction of sp³-hybridized carbons (Fsp3) is 0.0732. The Hall–Kier alpha value is -5.66. The van der Waals surface area contributed by atoms with Gasteiger partial charge in [-0.2, -0.15) is 0 Å². The van der Waals surface area contributed by atoms with E-state index in [1.165, 1.54) is 16.7 Å². The third-order valence-electron chi connectivity index (χ3n) is 6.56. The first-order valence-corrected chi connectivity index (χ1v) is 14.8. The molecule has 6 nitrogen and oxygen atoms in total. The standard InChI is InChI=1S/C20H15N3.3C7H8.3H3N/c1-4-10-16(11-5-1)19-21-22-20(17-12-6-2-7-13-17)23(19)18-14-8-3-9-15-18;3*1-7-5-3-2-4-6-7;;;/h1-15H;3*2-6H,1H3;3*1H3. The molecular weight excluding hydrogens is 576 g/mol. The lowest BCUT2D eigenvalue weighted by Gasteiger charge is -2.10. The zero-order valence-corrected chi connectivity index (χ0v) is 27.8. The van der Waals surface area contributed by atoms with Crippen LogP contribution in [0.5, 0.6) is 0 Å². The maximum absolute atomic E-state index is 4.45. The van der Waals surface area contributed by atoms with Crippen LogP contribution in [0.4, 0.5) is 0 Å². The molecule has 9 N–H and O–H groups in total. The van der Waals surface area contributed by atoms with Crippen molar-refractivity contribution < 1.29 is 0 Å². The van der Waals surface area contributed by atoms with Crippen molar-refractivity contribution in [2.45, 2.75) is 20.8 Å². The number of rotatable bonds is 3. The lowest BCUT2D eigenvalue weighted by Crippen LogP contribution is -2.00. The van der Waals surface area contributed by atoms with Gasteiger partial charge < -0.3 is 18.5 Å². The summed E-state index contributed by atoms with van der Waals surface area (Å²) in [6.07, 6.45) is 0. The van der Waals surface area contributed by atoms with Crippen molar-refractivity contribution in [1.29, 1.82) is 0 Å². The van der Waals surface area contributed by atoms with Gasteiger partial charge in [-0.05, 0) is 32.9 Å². The van der Waals surface area contributed by atoms with Gasteiger partial charge in [-0.3, -0.25) is 4.57 Å². The summed E-state index contributed by atoms with van der Waals surface area (Å²) in [5.74, 6) is 1.69. The molecule has 47 heavy (non-hydrogen) atoms. The van der Waals surface area contributed by atoms with Crippen molar-refractivity contribution in [1.82, 2.24) is 33.2 Å². The summed E-state index contributed by atoms with van der Waals surface area (Å²) in [5, 5.41) is 8.90. The van der Waals surface area contributed by atoms with Crippen LogP contribution < -0.4 is 18.5 Å². The molecule has 0 saturated carbocycles. The quantitative estimate of drug-likeness (QED) is 0.180. The van der Waals surface area contributed by atoms with Gasteiger partial charge in [-0.15, -0.1) is 10.2 Å². The number of para-hydroxylation sites is 1. The molecule has 0 spiro atoms. The Kier molecular flexibility index (Phi) is 18.4. The molecule has 0 saturated heterocycles. The molecular formula is C41H48N6. The van der Waals surface area contributed by atoms with E-state index in [4.69, 9.17) is 0 Å². The van der Waals surface area contributed by atoms with E-state index in [1.807, 2.05) is 109 Å². The minimum atomic E-state index is 0. The van der Waals surface area contributed by atoms with Crippen molar-refractivity contribution in [3.05, 3.63) is 199 Å². The zero-order valence-electron chi connectivity index (χ0n) is 27.8. The van der Waals surface area contributed by atoms with E-state index in [0.29, 0.717) is 0 Å². The highest BCUT2D eigenvalue weighted by molar-refractivity contribution is 5.66. The number of nitrogens with zero attached hydrogens (tertiary/aromatic N) is 3. The number of hydrogen-bond acceptors (Lipinski definition) is 5. The summed E-state index contributed by atoms with van der Waals surface area (Å²) in [6, 6.07) is 61.3. The van der Waals surface area contributed by atoms with Gasteiger partial charge in [0.2, 0.25) is 0 Å². The van der Waals surface area contributed by atoms with Crippen LogP contribution in [0.1, 0.15) is 16.7 Å². The van der Waals surface area contributed by atoms with Gasteiger partial charge in [-0.1, -0.05) is 187 Å². The lowest BCUT2D eigenvalue weighted by molar-refractivity contribution is 1.07. The molecule has 0 atom stereocenters. The van der Waals surface area contributed by atoms with E-state index in [1.54, 1.807) is 0 Å². The van der Waals surface area contributed by atoms with Gasteiger partial charge >= 0.3 is 0 Å². The van der Waals surface area contributed by atoms with E-state index >= 15 is 0 Å². The second kappa shape index (κ2) is 21.9. The highest BCUT2D eigenvalue weighted by Gasteiger charge is 2.16. The van der Waals surface area contributed by atoms with Crippen molar-refractivity contribution in [3.8, 4) is 28.5 Å². The number of benzene rings is 6. The van der Waals surface area contributed by atoms with Crippen LogP contribution in [0.3, 0.4) is 0 Å². The fourth-order valence-corrected chi connectivity index (χ4v) is 4.26. The second-order valence-corrected chi connectivity index (χ2v) is 10.2. The third kappa shape index (κ3) is 13.1. The van der Waals surface area contributed by atoms with E-state index in [-0.39, 0.29) is 18.5 Å². The van der Waals surface area contributed by atoms with Gasteiger partial charge in [0.25, 0.3) is 0 Å². The van der Waals surface area contributed by atoms with Crippen molar-refractivity contribution in [2.75, 3.05) is 0 Å². The molecule has 1 heterocycles. The van der Waals surface area contributed by atoms with Crippen molar-refractivity contribution >= 4 is 0 Å². The van der Waals surface area contributed by atoms with Crippen LogP contribution in [0.2, 0.25) is 0 Å². The van der Waals surface area contributed by atoms with Gasteiger partial charge in [-0.25, -0.2) is 0 Å². The Labute approximate surface area is 280 Å². The fourth-order valence-electron chi connectivity index (χ4n) is 4.26. The molecule has 0 unspecified atom stereocenters. The summed E-state index contributed by atoms with van der Waals surface area (Å²) in [7, 11) is 0. The van der Waals surface area contributed by atoms with E-state index in [2.05, 4.69) is 108 Å². The summed E-state index contributed by atoms with van der Waals surface area (Å²) >= 11 is 0. The molecule has 0 amide bonds. The van der Waals surface area contributed by atoms with Gasteiger partial charge in [0, 0.05) is 16.8 Å². The predicted octanol–water partition coefficient (Wildman–Crippen LogP) is 11.1. The highest BCUT2D eigenvalue weighted by atomic mass is 15.3. The topological polar surface area (TPSA) is 136 Å². The maximum Gasteiger partial charge on any atom is 0.168 e.